The highest BCUT2D eigenvalue weighted by atomic mass is 19.1. The fraction of sp³-hybridized carbons (Fsp3) is 0.417. The van der Waals surface area contributed by atoms with Crippen LogP contribution in [0.1, 0.15) is 42.6 Å². The van der Waals surface area contributed by atoms with E-state index in [2.05, 4.69) is 5.32 Å². The normalized spacial score (nSPS) is 15.6. The van der Waals surface area contributed by atoms with Crippen molar-refractivity contribution in [3.63, 3.8) is 0 Å². The highest BCUT2D eigenvalue weighted by molar-refractivity contribution is 5.98. The Morgan fingerprint density at radius 3 is 2.39 bits per heavy atom. The molecule has 1 unspecified atom stereocenters. The molecule has 1 aliphatic rings. The maximum absolute atomic E-state index is 13.8. The number of ether oxygens (including phenoxy) is 1. The first-order valence-corrected chi connectivity index (χ1v) is 10.5. The van der Waals surface area contributed by atoms with Gasteiger partial charge >= 0.3 is 0 Å². The number of rotatable bonds is 6. The first kappa shape index (κ1) is 22.7. The van der Waals surface area contributed by atoms with Gasteiger partial charge in [-0.05, 0) is 36.6 Å². The quantitative estimate of drug-likeness (QED) is 0.751. The van der Waals surface area contributed by atoms with Crippen LogP contribution in [-0.4, -0.2) is 41.9 Å². The van der Waals surface area contributed by atoms with E-state index in [-0.39, 0.29) is 29.6 Å². The Balaban J connectivity index is 1.59. The van der Waals surface area contributed by atoms with E-state index in [9.17, 15) is 18.4 Å². The van der Waals surface area contributed by atoms with Gasteiger partial charge in [0.2, 0.25) is 5.91 Å². The third-order valence-electron chi connectivity index (χ3n) is 5.55. The SMILES string of the molecule is Cc1ccccc1C(=O)NC(C(=O)N1CCC(Oc2ccc(F)cc2F)CC1)C(C)C. The maximum atomic E-state index is 13.8. The second-order valence-corrected chi connectivity index (χ2v) is 8.23. The number of hydrogen-bond donors (Lipinski definition) is 1. The summed E-state index contributed by atoms with van der Waals surface area (Å²) in [6.45, 7) is 6.53. The number of aryl methyl sites for hydroxylation is 1. The fourth-order valence-corrected chi connectivity index (χ4v) is 3.70. The summed E-state index contributed by atoms with van der Waals surface area (Å²) in [6, 6.07) is 9.83. The average Bonchev–Trinajstić information content (AvgIpc) is 2.74. The van der Waals surface area contributed by atoms with Gasteiger partial charge in [-0.2, -0.15) is 0 Å². The summed E-state index contributed by atoms with van der Waals surface area (Å²) in [5, 5.41) is 2.89. The Labute approximate surface area is 181 Å². The van der Waals surface area contributed by atoms with Crippen molar-refractivity contribution in [2.75, 3.05) is 13.1 Å². The van der Waals surface area contributed by atoms with Gasteiger partial charge in [-0.3, -0.25) is 9.59 Å². The summed E-state index contributed by atoms with van der Waals surface area (Å²) in [4.78, 5) is 27.5. The average molecular weight is 430 g/mol. The first-order valence-electron chi connectivity index (χ1n) is 10.5. The zero-order chi connectivity index (χ0) is 22.5. The van der Waals surface area contributed by atoms with Crippen LogP contribution in [0.25, 0.3) is 0 Å². The van der Waals surface area contributed by atoms with Crippen LogP contribution in [0, 0.1) is 24.5 Å². The Morgan fingerprint density at radius 1 is 1.10 bits per heavy atom. The van der Waals surface area contributed by atoms with Gasteiger partial charge in [0.15, 0.2) is 11.6 Å². The van der Waals surface area contributed by atoms with E-state index >= 15 is 0 Å². The van der Waals surface area contributed by atoms with E-state index in [1.807, 2.05) is 32.9 Å². The molecule has 5 nitrogen and oxygen atoms in total. The zero-order valence-electron chi connectivity index (χ0n) is 18.0. The molecule has 7 heteroatoms. The molecule has 1 N–H and O–H groups in total. The standard InChI is InChI=1S/C24H28F2N2O3/c1-15(2)22(27-23(29)19-7-5-4-6-16(19)3)24(30)28-12-10-18(11-13-28)31-21-9-8-17(25)14-20(21)26/h4-9,14-15,18,22H,10-13H2,1-3H3,(H,27,29). The third kappa shape index (κ3) is 5.60. The van der Waals surface area contributed by atoms with E-state index < -0.39 is 17.7 Å². The molecule has 166 valence electrons. The molecule has 0 radical (unpaired) electrons. The molecule has 0 bridgehead atoms. The third-order valence-corrected chi connectivity index (χ3v) is 5.55. The molecule has 2 aromatic rings. The van der Waals surface area contributed by atoms with Gasteiger partial charge < -0.3 is 15.0 Å². The van der Waals surface area contributed by atoms with Gasteiger partial charge in [0.05, 0.1) is 0 Å². The Kier molecular flexibility index (Phi) is 7.25. The van der Waals surface area contributed by atoms with Crippen molar-refractivity contribution in [1.82, 2.24) is 10.2 Å². The number of benzene rings is 2. The number of nitrogens with one attached hydrogen (secondary N) is 1. The lowest BCUT2D eigenvalue weighted by molar-refractivity contribution is -0.136. The second-order valence-electron chi connectivity index (χ2n) is 8.23. The van der Waals surface area contributed by atoms with Crippen LogP contribution < -0.4 is 10.1 Å². The van der Waals surface area contributed by atoms with Crippen molar-refractivity contribution in [3.8, 4) is 5.75 Å². The summed E-state index contributed by atoms with van der Waals surface area (Å²) < 4.78 is 32.5. The second kappa shape index (κ2) is 9.90. The summed E-state index contributed by atoms with van der Waals surface area (Å²) in [7, 11) is 0. The summed E-state index contributed by atoms with van der Waals surface area (Å²) in [6.07, 6.45) is 0.793. The van der Waals surface area contributed by atoms with Gasteiger partial charge in [-0.25, -0.2) is 8.78 Å². The fourth-order valence-electron chi connectivity index (χ4n) is 3.70. The minimum atomic E-state index is -0.739. The topological polar surface area (TPSA) is 58.6 Å². The van der Waals surface area contributed by atoms with Crippen molar-refractivity contribution >= 4 is 11.8 Å². The van der Waals surface area contributed by atoms with Gasteiger partial charge in [0, 0.05) is 37.6 Å². The number of carbonyl (C=O) groups is 2. The summed E-state index contributed by atoms with van der Waals surface area (Å²) >= 11 is 0. The van der Waals surface area contributed by atoms with Crippen LogP contribution in [0.4, 0.5) is 8.78 Å². The van der Waals surface area contributed by atoms with E-state index in [1.165, 1.54) is 6.07 Å². The lowest BCUT2D eigenvalue weighted by Gasteiger charge is -2.35. The van der Waals surface area contributed by atoms with Crippen molar-refractivity contribution in [3.05, 3.63) is 65.2 Å². The minimum absolute atomic E-state index is 0.0109. The molecule has 1 heterocycles. The summed E-state index contributed by atoms with van der Waals surface area (Å²) in [5.41, 5.74) is 1.40. The van der Waals surface area contributed by atoms with Gasteiger partial charge in [-0.15, -0.1) is 0 Å². The molecule has 2 amide bonds. The van der Waals surface area contributed by atoms with Crippen molar-refractivity contribution in [2.24, 2.45) is 5.92 Å². The van der Waals surface area contributed by atoms with Crippen LogP contribution in [0.5, 0.6) is 5.75 Å². The largest absolute Gasteiger partial charge is 0.487 e. The molecule has 0 aliphatic carbocycles. The molecule has 3 rings (SSSR count). The molecular formula is C24H28F2N2O3. The Hall–Kier alpha value is -2.96. The molecule has 1 atom stereocenters. The van der Waals surface area contributed by atoms with Crippen LogP contribution in [0.2, 0.25) is 0 Å². The molecule has 0 aromatic heterocycles. The van der Waals surface area contributed by atoms with Gasteiger partial charge in [-0.1, -0.05) is 32.0 Å². The molecule has 1 fully saturated rings. The van der Waals surface area contributed by atoms with Crippen molar-refractivity contribution in [2.45, 2.75) is 45.8 Å². The van der Waals surface area contributed by atoms with E-state index in [1.54, 1.807) is 17.0 Å². The number of carbonyl (C=O) groups excluding carboxylic acids is 2. The minimum Gasteiger partial charge on any atom is -0.487 e. The molecule has 2 aromatic carbocycles. The highest BCUT2D eigenvalue weighted by Crippen LogP contribution is 2.23. The maximum Gasteiger partial charge on any atom is 0.252 e. The Morgan fingerprint density at radius 2 is 1.77 bits per heavy atom. The van der Waals surface area contributed by atoms with Gasteiger partial charge in [0.1, 0.15) is 18.0 Å². The van der Waals surface area contributed by atoms with Crippen LogP contribution >= 0.6 is 0 Å². The number of amides is 2. The van der Waals surface area contributed by atoms with Gasteiger partial charge in [0.25, 0.3) is 5.91 Å². The lowest BCUT2D eigenvalue weighted by Crippen LogP contribution is -2.53. The van der Waals surface area contributed by atoms with Crippen LogP contribution in [0.3, 0.4) is 0 Å². The van der Waals surface area contributed by atoms with Crippen molar-refractivity contribution < 1.29 is 23.1 Å². The molecule has 31 heavy (non-hydrogen) atoms. The highest BCUT2D eigenvalue weighted by Gasteiger charge is 2.32. The van der Waals surface area contributed by atoms with E-state index in [0.29, 0.717) is 31.5 Å². The number of halogens is 2. The van der Waals surface area contributed by atoms with Crippen LogP contribution in [-0.2, 0) is 4.79 Å². The Bertz CT molecular complexity index is 940. The lowest BCUT2D eigenvalue weighted by atomic mass is 9.99. The smallest absolute Gasteiger partial charge is 0.252 e. The number of nitrogens with zero attached hydrogens (tertiary/aromatic N) is 1. The number of likely N-dealkylation sites (tertiary alicyclic amines) is 1. The number of hydrogen-bond acceptors (Lipinski definition) is 3. The first-order chi connectivity index (χ1) is 14.8. The van der Waals surface area contributed by atoms with Crippen molar-refractivity contribution in [1.29, 1.82) is 0 Å². The summed E-state index contributed by atoms with van der Waals surface area (Å²) in [5.74, 6) is -1.87. The monoisotopic (exact) mass is 430 g/mol. The molecule has 0 saturated carbocycles. The predicted molar refractivity (Wildman–Crippen MR) is 114 cm³/mol. The van der Waals surface area contributed by atoms with E-state index in [0.717, 1.165) is 17.7 Å². The predicted octanol–water partition coefficient (Wildman–Crippen LogP) is 4.10. The molecule has 1 saturated heterocycles. The molecular weight excluding hydrogens is 402 g/mol. The van der Waals surface area contributed by atoms with E-state index in [4.69, 9.17) is 4.74 Å². The molecule has 0 spiro atoms. The van der Waals surface area contributed by atoms with Crippen LogP contribution in [0.15, 0.2) is 42.5 Å². The zero-order valence-corrected chi connectivity index (χ0v) is 18.0. The molecule has 1 aliphatic heterocycles. The number of piperidine rings is 1.